The van der Waals surface area contributed by atoms with E-state index in [1.807, 2.05) is 13.8 Å². The van der Waals surface area contributed by atoms with Crippen molar-refractivity contribution in [1.29, 1.82) is 0 Å². The molecule has 5 nitrogen and oxygen atoms in total. The standard InChI is InChI=1S/C16H22ClN3O2/c1-11(2)10-18-15(21)14-7-4-8-20(14)16(22)19-13-6-3-5-12(17)9-13/h3,5-6,9,11,14H,4,7-8,10H2,1-2H3,(H,18,21)(H,19,22)/t14-/m0/s1. The Morgan fingerprint density at radius 1 is 1.41 bits per heavy atom. The first-order valence-corrected chi connectivity index (χ1v) is 7.96. The van der Waals surface area contributed by atoms with Crippen LogP contribution in [0, 0.1) is 5.92 Å². The van der Waals surface area contributed by atoms with Gasteiger partial charge in [0.2, 0.25) is 5.91 Å². The number of amides is 3. The van der Waals surface area contributed by atoms with E-state index >= 15 is 0 Å². The van der Waals surface area contributed by atoms with Gasteiger partial charge in [0.25, 0.3) is 0 Å². The number of nitrogens with zero attached hydrogens (tertiary/aromatic N) is 1. The molecule has 1 aromatic carbocycles. The molecule has 1 fully saturated rings. The third-order valence-corrected chi connectivity index (χ3v) is 3.81. The Hall–Kier alpha value is -1.75. The summed E-state index contributed by atoms with van der Waals surface area (Å²) in [6.45, 7) is 5.29. The third kappa shape index (κ3) is 4.37. The lowest BCUT2D eigenvalue weighted by molar-refractivity contribution is -0.124. The maximum absolute atomic E-state index is 12.4. The molecule has 1 atom stereocenters. The van der Waals surface area contributed by atoms with Crippen LogP contribution >= 0.6 is 11.6 Å². The molecule has 1 aliphatic rings. The van der Waals surface area contributed by atoms with Crippen molar-refractivity contribution in [3.63, 3.8) is 0 Å². The van der Waals surface area contributed by atoms with Crippen molar-refractivity contribution in [1.82, 2.24) is 10.2 Å². The van der Waals surface area contributed by atoms with E-state index in [0.717, 1.165) is 6.42 Å². The Labute approximate surface area is 136 Å². The van der Waals surface area contributed by atoms with Gasteiger partial charge in [0.15, 0.2) is 0 Å². The van der Waals surface area contributed by atoms with Crippen molar-refractivity contribution in [3.05, 3.63) is 29.3 Å². The fraction of sp³-hybridized carbons (Fsp3) is 0.500. The third-order valence-electron chi connectivity index (χ3n) is 3.58. The van der Waals surface area contributed by atoms with Gasteiger partial charge < -0.3 is 15.5 Å². The first-order chi connectivity index (χ1) is 10.5. The summed E-state index contributed by atoms with van der Waals surface area (Å²) in [6.07, 6.45) is 1.54. The monoisotopic (exact) mass is 323 g/mol. The van der Waals surface area contributed by atoms with E-state index in [4.69, 9.17) is 11.6 Å². The van der Waals surface area contributed by atoms with E-state index in [0.29, 0.717) is 36.1 Å². The van der Waals surface area contributed by atoms with Crippen LogP contribution in [0.15, 0.2) is 24.3 Å². The fourth-order valence-corrected chi connectivity index (χ4v) is 2.66. The van der Waals surface area contributed by atoms with E-state index in [1.165, 1.54) is 0 Å². The van der Waals surface area contributed by atoms with Crippen LogP contribution in [-0.4, -0.2) is 36.0 Å². The van der Waals surface area contributed by atoms with Gasteiger partial charge in [0.1, 0.15) is 6.04 Å². The second-order valence-corrected chi connectivity index (χ2v) is 6.37. The number of carbonyl (C=O) groups excluding carboxylic acids is 2. The van der Waals surface area contributed by atoms with Crippen LogP contribution in [0.3, 0.4) is 0 Å². The quantitative estimate of drug-likeness (QED) is 0.894. The van der Waals surface area contributed by atoms with Gasteiger partial charge in [-0.05, 0) is 37.0 Å². The van der Waals surface area contributed by atoms with Gasteiger partial charge >= 0.3 is 6.03 Å². The van der Waals surface area contributed by atoms with E-state index in [2.05, 4.69) is 10.6 Å². The molecular formula is C16H22ClN3O2. The number of halogens is 1. The minimum atomic E-state index is -0.391. The predicted molar refractivity (Wildman–Crippen MR) is 88.0 cm³/mol. The van der Waals surface area contributed by atoms with Gasteiger partial charge in [-0.15, -0.1) is 0 Å². The normalized spacial score (nSPS) is 17.6. The average Bonchev–Trinajstić information content (AvgIpc) is 2.94. The predicted octanol–water partition coefficient (Wildman–Crippen LogP) is 3.11. The first-order valence-electron chi connectivity index (χ1n) is 7.58. The minimum Gasteiger partial charge on any atom is -0.354 e. The summed E-state index contributed by atoms with van der Waals surface area (Å²) < 4.78 is 0. The summed E-state index contributed by atoms with van der Waals surface area (Å²) >= 11 is 5.91. The largest absolute Gasteiger partial charge is 0.354 e. The molecule has 0 aliphatic carbocycles. The highest BCUT2D eigenvalue weighted by Gasteiger charge is 2.34. The molecule has 0 saturated carbocycles. The molecule has 3 amide bonds. The van der Waals surface area contributed by atoms with Crippen molar-refractivity contribution in [2.45, 2.75) is 32.7 Å². The van der Waals surface area contributed by atoms with Crippen LogP contribution in [0.4, 0.5) is 10.5 Å². The van der Waals surface area contributed by atoms with Gasteiger partial charge in [-0.2, -0.15) is 0 Å². The number of anilines is 1. The van der Waals surface area contributed by atoms with E-state index in [1.54, 1.807) is 29.2 Å². The number of likely N-dealkylation sites (tertiary alicyclic amines) is 1. The second-order valence-electron chi connectivity index (χ2n) is 5.93. The van der Waals surface area contributed by atoms with Crippen LogP contribution in [0.25, 0.3) is 0 Å². The van der Waals surface area contributed by atoms with Gasteiger partial charge in [0.05, 0.1) is 0 Å². The van der Waals surface area contributed by atoms with Gasteiger partial charge in [0, 0.05) is 23.8 Å². The molecule has 0 unspecified atom stereocenters. The van der Waals surface area contributed by atoms with Crippen molar-refractivity contribution < 1.29 is 9.59 Å². The zero-order valence-electron chi connectivity index (χ0n) is 12.9. The highest BCUT2D eigenvalue weighted by atomic mass is 35.5. The molecule has 0 aromatic heterocycles. The summed E-state index contributed by atoms with van der Waals surface area (Å²) in [6, 6.07) is 6.32. The molecule has 1 aliphatic heterocycles. The number of benzene rings is 1. The molecule has 22 heavy (non-hydrogen) atoms. The summed E-state index contributed by atoms with van der Waals surface area (Å²) in [5.41, 5.74) is 0.630. The summed E-state index contributed by atoms with van der Waals surface area (Å²) in [5, 5.41) is 6.26. The number of hydrogen-bond donors (Lipinski definition) is 2. The smallest absolute Gasteiger partial charge is 0.322 e. The molecule has 6 heteroatoms. The second kappa shape index (κ2) is 7.49. The lowest BCUT2D eigenvalue weighted by Crippen LogP contribution is -2.48. The number of nitrogens with one attached hydrogen (secondary N) is 2. The van der Waals surface area contributed by atoms with Gasteiger partial charge in [-0.25, -0.2) is 4.79 Å². The average molecular weight is 324 g/mol. The molecule has 120 valence electrons. The highest BCUT2D eigenvalue weighted by molar-refractivity contribution is 6.30. The van der Waals surface area contributed by atoms with Gasteiger partial charge in [-0.3, -0.25) is 4.79 Å². The van der Waals surface area contributed by atoms with E-state index in [-0.39, 0.29) is 11.9 Å². The number of carbonyl (C=O) groups is 2. The molecule has 1 heterocycles. The minimum absolute atomic E-state index is 0.0764. The molecule has 2 rings (SSSR count). The summed E-state index contributed by atoms with van der Waals surface area (Å²) in [5.74, 6) is 0.312. The Morgan fingerprint density at radius 3 is 2.86 bits per heavy atom. The fourth-order valence-electron chi connectivity index (χ4n) is 2.47. The molecule has 0 radical (unpaired) electrons. The summed E-state index contributed by atoms with van der Waals surface area (Å²) in [7, 11) is 0. The topological polar surface area (TPSA) is 61.4 Å². The molecule has 1 saturated heterocycles. The maximum Gasteiger partial charge on any atom is 0.322 e. The Bertz CT molecular complexity index is 548. The van der Waals surface area contributed by atoms with Crippen LogP contribution < -0.4 is 10.6 Å². The number of rotatable bonds is 4. The maximum atomic E-state index is 12.4. The first kappa shape index (κ1) is 16.6. The van der Waals surface area contributed by atoms with Crippen LogP contribution in [0.5, 0.6) is 0 Å². The molecule has 1 aromatic rings. The van der Waals surface area contributed by atoms with Crippen LogP contribution in [-0.2, 0) is 4.79 Å². The number of hydrogen-bond acceptors (Lipinski definition) is 2. The molecule has 2 N–H and O–H groups in total. The zero-order valence-corrected chi connectivity index (χ0v) is 13.7. The van der Waals surface area contributed by atoms with Crippen molar-refractivity contribution in [2.75, 3.05) is 18.4 Å². The molecule has 0 bridgehead atoms. The Morgan fingerprint density at radius 2 is 2.18 bits per heavy atom. The van der Waals surface area contributed by atoms with Crippen LogP contribution in [0.2, 0.25) is 5.02 Å². The van der Waals surface area contributed by atoms with Crippen molar-refractivity contribution in [3.8, 4) is 0 Å². The highest BCUT2D eigenvalue weighted by Crippen LogP contribution is 2.20. The summed E-state index contributed by atoms with van der Waals surface area (Å²) in [4.78, 5) is 26.2. The lowest BCUT2D eigenvalue weighted by Gasteiger charge is -2.24. The van der Waals surface area contributed by atoms with Crippen molar-refractivity contribution >= 4 is 29.2 Å². The lowest BCUT2D eigenvalue weighted by atomic mass is 10.2. The Kier molecular flexibility index (Phi) is 5.66. The Balaban J connectivity index is 1.97. The van der Waals surface area contributed by atoms with E-state index < -0.39 is 6.04 Å². The number of urea groups is 1. The van der Waals surface area contributed by atoms with Crippen molar-refractivity contribution in [2.24, 2.45) is 5.92 Å². The van der Waals surface area contributed by atoms with Crippen LogP contribution in [0.1, 0.15) is 26.7 Å². The SMILES string of the molecule is CC(C)CNC(=O)[C@@H]1CCCN1C(=O)Nc1cccc(Cl)c1. The molecular weight excluding hydrogens is 302 g/mol. The van der Waals surface area contributed by atoms with E-state index in [9.17, 15) is 9.59 Å². The molecule has 0 spiro atoms. The zero-order chi connectivity index (χ0) is 16.1. The van der Waals surface area contributed by atoms with Gasteiger partial charge in [-0.1, -0.05) is 31.5 Å².